The quantitative estimate of drug-likeness (QED) is 0.707. The van der Waals surface area contributed by atoms with E-state index < -0.39 is 11.6 Å². The van der Waals surface area contributed by atoms with Gasteiger partial charge in [0.05, 0.1) is 19.3 Å². The molecule has 2 fully saturated rings. The van der Waals surface area contributed by atoms with Gasteiger partial charge < -0.3 is 24.1 Å². The van der Waals surface area contributed by atoms with Crippen molar-refractivity contribution < 1.29 is 28.8 Å². The lowest BCUT2D eigenvalue weighted by Gasteiger charge is -2.51. The first kappa shape index (κ1) is 22.0. The van der Waals surface area contributed by atoms with Crippen molar-refractivity contribution >= 4 is 5.97 Å². The van der Waals surface area contributed by atoms with Gasteiger partial charge in [0.1, 0.15) is 11.4 Å². The molecule has 5 rings (SSSR count). The van der Waals surface area contributed by atoms with Gasteiger partial charge in [-0.2, -0.15) is 0 Å². The molecule has 3 aliphatic rings. The average molecular weight is 454 g/mol. The zero-order chi connectivity index (χ0) is 23.2. The van der Waals surface area contributed by atoms with E-state index in [2.05, 4.69) is 24.8 Å². The second-order valence-electron chi connectivity index (χ2n) is 9.64. The van der Waals surface area contributed by atoms with E-state index >= 15 is 0 Å². The van der Waals surface area contributed by atoms with Crippen molar-refractivity contribution in [3.8, 4) is 17.2 Å². The number of para-hydroxylation sites is 2. The van der Waals surface area contributed by atoms with Crippen LogP contribution < -0.4 is 14.2 Å². The van der Waals surface area contributed by atoms with Crippen LogP contribution in [0.15, 0.2) is 42.5 Å². The van der Waals surface area contributed by atoms with E-state index in [0.717, 1.165) is 42.0 Å². The number of hydrogen-bond acceptors (Lipinski definition) is 6. The lowest BCUT2D eigenvalue weighted by molar-refractivity contribution is -0.163. The number of likely N-dealkylation sites (tertiary alicyclic amines) is 1. The van der Waals surface area contributed by atoms with Crippen LogP contribution in [0.3, 0.4) is 0 Å². The molecule has 0 aliphatic carbocycles. The van der Waals surface area contributed by atoms with E-state index in [0.29, 0.717) is 12.3 Å². The molecule has 0 aromatic heterocycles. The smallest absolute Gasteiger partial charge is 0.341 e. The summed E-state index contributed by atoms with van der Waals surface area (Å²) in [6, 6.07) is 14.0. The Balaban J connectivity index is 1.38. The molecule has 0 bridgehead atoms. The molecule has 33 heavy (non-hydrogen) atoms. The van der Waals surface area contributed by atoms with Crippen LogP contribution in [0.5, 0.6) is 17.2 Å². The predicted molar refractivity (Wildman–Crippen MR) is 122 cm³/mol. The lowest BCUT2D eigenvalue weighted by atomic mass is 9.74. The molecular formula is C26H31NO6. The van der Waals surface area contributed by atoms with Gasteiger partial charge in [-0.15, -0.1) is 0 Å². The minimum atomic E-state index is -0.978. The van der Waals surface area contributed by atoms with E-state index in [4.69, 9.17) is 24.1 Å². The highest BCUT2D eigenvalue weighted by atomic mass is 16.5. The summed E-state index contributed by atoms with van der Waals surface area (Å²) in [7, 11) is 1.67. The lowest BCUT2D eigenvalue weighted by Crippen LogP contribution is -2.53. The number of carboxylic acids is 1. The third kappa shape index (κ3) is 4.04. The number of ether oxygens (including phenoxy) is 4. The van der Waals surface area contributed by atoms with Gasteiger partial charge in [0.2, 0.25) is 0 Å². The van der Waals surface area contributed by atoms with Crippen molar-refractivity contribution in [2.24, 2.45) is 5.92 Å². The minimum Gasteiger partial charge on any atom is -0.493 e. The topological polar surface area (TPSA) is 77.5 Å². The van der Waals surface area contributed by atoms with Gasteiger partial charge >= 0.3 is 5.97 Å². The SMILES string of the molecule is COc1cccc2c1OC(C)(C)[C@H]1C[C@@H]3[C@H](CCN3Cc3ccccc3OCC(=O)O)O[C@H]21. The summed E-state index contributed by atoms with van der Waals surface area (Å²) in [5.74, 6) is 1.40. The number of carboxylic acid groups (broad SMARTS) is 1. The van der Waals surface area contributed by atoms with E-state index in [1.807, 2.05) is 36.4 Å². The number of methoxy groups -OCH3 is 1. The number of rotatable bonds is 6. The standard InChI is InChI=1S/C26H31NO6/c1-26(2)18-13-19-21(32-24(18)17-8-6-10-22(30-3)25(17)33-26)11-12-27(19)14-16-7-4-5-9-20(16)31-15-23(28)29/h4-10,18-19,21,24H,11-15H2,1-3H3,(H,28,29)/t18-,19+,21-,24+/m0/s1. The van der Waals surface area contributed by atoms with Crippen molar-refractivity contribution in [1.29, 1.82) is 0 Å². The Bertz CT molecular complexity index is 1040. The van der Waals surface area contributed by atoms with Crippen LogP contribution in [0.1, 0.15) is 43.9 Å². The Morgan fingerprint density at radius 3 is 2.76 bits per heavy atom. The summed E-state index contributed by atoms with van der Waals surface area (Å²) in [5, 5.41) is 8.99. The average Bonchev–Trinajstić information content (AvgIpc) is 3.19. The van der Waals surface area contributed by atoms with Crippen molar-refractivity contribution in [3.63, 3.8) is 0 Å². The summed E-state index contributed by atoms with van der Waals surface area (Å²) in [4.78, 5) is 13.4. The summed E-state index contributed by atoms with van der Waals surface area (Å²) < 4.78 is 24.4. The van der Waals surface area contributed by atoms with Crippen molar-refractivity contribution in [2.45, 2.75) is 57.1 Å². The second kappa shape index (κ2) is 8.54. The molecule has 0 radical (unpaired) electrons. The Morgan fingerprint density at radius 1 is 1.18 bits per heavy atom. The molecule has 176 valence electrons. The summed E-state index contributed by atoms with van der Waals surface area (Å²) >= 11 is 0. The minimum absolute atomic E-state index is 0.0220. The molecule has 0 amide bonds. The first-order valence-electron chi connectivity index (χ1n) is 11.6. The Kier molecular flexibility index (Phi) is 5.70. The highest BCUT2D eigenvalue weighted by Crippen LogP contribution is 2.54. The zero-order valence-electron chi connectivity index (χ0n) is 19.3. The van der Waals surface area contributed by atoms with Crippen LogP contribution in [-0.2, 0) is 16.1 Å². The number of nitrogens with zero attached hydrogens (tertiary/aromatic N) is 1. The van der Waals surface area contributed by atoms with E-state index in [1.54, 1.807) is 7.11 Å². The van der Waals surface area contributed by atoms with Crippen LogP contribution in [0.25, 0.3) is 0 Å². The van der Waals surface area contributed by atoms with Crippen LogP contribution in [-0.4, -0.2) is 54.0 Å². The van der Waals surface area contributed by atoms with Gasteiger partial charge in [-0.1, -0.05) is 30.3 Å². The fourth-order valence-electron chi connectivity index (χ4n) is 5.65. The summed E-state index contributed by atoms with van der Waals surface area (Å²) in [6.45, 7) is 5.55. The van der Waals surface area contributed by atoms with Crippen molar-refractivity contribution in [3.05, 3.63) is 53.6 Å². The molecule has 7 nitrogen and oxygen atoms in total. The van der Waals surface area contributed by atoms with Crippen molar-refractivity contribution in [2.75, 3.05) is 20.3 Å². The zero-order valence-corrected chi connectivity index (χ0v) is 19.3. The maximum atomic E-state index is 11.0. The third-order valence-electron chi connectivity index (χ3n) is 7.27. The maximum absolute atomic E-state index is 11.0. The largest absolute Gasteiger partial charge is 0.493 e. The van der Waals surface area contributed by atoms with E-state index in [1.165, 1.54) is 0 Å². The number of benzene rings is 2. The Morgan fingerprint density at radius 2 is 1.97 bits per heavy atom. The molecule has 2 aromatic carbocycles. The molecular weight excluding hydrogens is 422 g/mol. The van der Waals surface area contributed by atoms with Gasteiger partial charge in [-0.05, 0) is 38.8 Å². The number of carbonyl (C=O) groups is 1. The van der Waals surface area contributed by atoms with E-state index in [-0.39, 0.29) is 30.8 Å². The van der Waals surface area contributed by atoms with Gasteiger partial charge in [-0.3, -0.25) is 4.90 Å². The molecule has 4 atom stereocenters. The normalized spacial score (nSPS) is 27.6. The predicted octanol–water partition coefficient (Wildman–Crippen LogP) is 4.05. The summed E-state index contributed by atoms with van der Waals surface area (Å²) in [5.41, 5.74) is 1.67. The molecule has 3 aliphatic heterocycles. The van der Waals surface area contributed by atoms with Crippen LogP contribution in [0.2, 0.25) is 0 Å². The molecule has 7 heteroatoms. The first-order valence-corrected chi connectivity index (χ1v) is 11.6. The molecule has 2 saturated heterocycles. The van der Waals surface area contributed by atoms with Gasteiger partial charge in [0.25, 0.3) is 0 Å². The Labute approximate surface area is 194 Å². The van der Waals surface area contributed by atoms with Crippen LogP contribution >= 0.6 is 0 Å². The van der Waals surface area contributed by atoms with E-state index in [9.17, 15) is 4.79 Å². The fourth-order valence-corrected chi connectivity index (χ4v) is 5.65. The molecule has 1 N–H and O–H groups in total. The highest BCUT2D eigenvalue weighted by Gasteiger charge is 2.53. The highest BCUT2D eigenvalue weighted by molar-refractivity contribution is 5.68. The molecule has 0 unspecified atom stereocenters. The second-order valence-corrected chi connectivity index (χ2v) is 9.64. The Hall–Kier alpha value is -2.77. The van der Waals surface area contributed by atoms with Crippen LogP contribution in [0.4, 0.5) is 0 Å². The molecule has 3 heterocycles. The molecule has 0 saturated carbocycles. The van der Waals surface area contributed by atoms with Crippen molar-refractivity contribution in [1.82, 2.24) is 4.90 Å². The molecule has 2 aromatic rings. The number of fused-ring (bicyclic) bond motifs is 4. The third-order valence-corrected chi connectivity index (χ3v) is 7.27. The van der Waals surface area contributed by atoms with Gasteiger partial charge in [-0.25, -0.2) is 4.79 Å². The van der Waals surface area contributed by atoms with Crippen LogP contribution in [0, 0.1) is 5.92 Å². The fraction of sp³-hybridized carbons (Fsp3) is 0.500. The number of aliphatic carboxylic acids is 1. The van der Waals surface area contributed by atoms with Gasteiger partial charge in [0, 0.05) is 36.2 Å². The summed E-state index contributed by atoms with van der Waals surface area (Å²) in [6.07, 6.45) is 2.06. The van der Waals surface area contributed by atoms with Gasteiger partial charge in [0.15, 0.2) is 18.1 Å². The number of hydrogen-bond donors (Lipinski definition) is 1. The maximum Gasteiger partial charge on any atom is 0.341 e. The monoisotopic (exact) mass is 453 g/mol. The first-order chi connectivity index (χ1) is 15.9. The molecule has 0 spiro atoms.